The standard InChI is InChI=1S/C23H27N3O5S/c1-16-8-9-18(14-17(16)2)32(29,30)25-12-10-24(11-13-25)20-15-22(27)26(23(20)28)19-6-4-5-7-21(19)31-3/h4-9,14,20H,10-13,15H2,1-3H3/t20-/m1/s1. The average Bonchev–Trinajstić information content (AvgIpc) is 3.09. The number of rotatable bonds is 5. The first-order chi connectivity index (χ1) is 15.2. The van der Waals surface area contributed by atoms with Crippen LogP contribution in [0.1, 0.15) is 17.5 Å². The molecule has 32 heavy (non-hydrogen) atoms. The van der Waals surface area contributed by atoms with Crippen LogP contribution in [0.5, 0.6) is 5.75 Å². The third kappa shape index (κ3) is 3.92. The molecular weight excluding hydrogens is 430 g/mol. The van der Waals surface area contributed by atoms with Gasteiger partial charge in [0, 0.05) is 26.2 Å². The van der Waals surface area contributed by atoms with Crippen LogP contribution in [0.4, 0.5) is 5.69 Å². The topological polar surface area (TPSA) is 87.2 Å². The zero-order valence-corrected chi connectivity index (χ0v) is 19.3. The molecule has 2 aromatic carbocycles. The van der Waals surface area contributed by atoms with E-state index < -0.39 is 16.1 Å². The lowest BCUT2D eigenvalue weighted by Crippen LogP contribution is -2.53. The van der Waals surface area contributed by atoms with Gasteiger partial charge in [0.2, 0.25) is 15.9 Å². The number of carbonyl (C=O) groups is 2. The van der Waals surface area contributed by atoms with E-state index in [9.17, 15) is 18.0 Å². The molecule has 2 heterocycles. The number of hydrogen-bond acceptors (Lipinski definition) is 6. The number of methoxy groups -OCH3 is 1. The molecule has 9 heteroatoms. The summed E-state index contributed by atoms with van der Waals surface area (Å²) >= 11 is 0. The van der Waals surface area contributed by atoms with Gasteiger partial charge in [-0.15, -0.1) is 0 Å². The zero-order chi connectivity index (χ0) is 23.0. The number of imide groups is 1. The third-order valence-electron chi connectivity index (χ3n) is 6.28. The van der Waals surface area contributed by atoms with Crippen molar-refractivity contribution in [1.82, 2.24) is 9.21 Å². The van der Waals surface area contributed by atoms with Crippen molar-refractivity contribution in [3.8, 4) is 5.75 Å². The predicted octanol–water partition coefficient (Wildman–Crippen LogP) is 1.95. The molecule has 0 saturated carbocycles. The Balaban J connectivity index is 1.47. The van der Waals surface area contributed by atoms with Gasteiger partial charge in [-0.1, -0.05) is 18.2 Å². The molecule has 0 aliphatic carbocycles. The van der Waals surface area contributed by atoms with Crippen LogP contribution in [0.15, 0.2) is 47.4 Å². The summed E-state index contributed by atoms with van der Waals surface area (Å²) in [7, 11) is -2.11. The van der Waals surface area contributed by atoms with Gasteiger partial charge in [-0.3, -0.25) is 14.5 Å². The van der Waals surface area contributed by atoms with Crippen molar-refractivity contribution < 1.29 is 22.7 Å². The van der Waals surface area contributed by atoms with Crippen molar-refractivity contribution in [1.29, 1.82) is 0 Å². The fourth-order valence-electron chi connectivity index (χ4n) is 4.25. The van der Waals surface area contributed by atoms with Gasteiger partial charge in [-0.25, -0.2) is 13.3 Å². The largest absolute Gasteiger partial charge is 0.495 e. The van der Waals surface area contributed by atoms with E-state index in [2.05, 4.69) is 0 Å². The minimum Gasteiger partial charge on any atom is -0.495 e. The molecule has 170 valence electrons. The number of aryl methyl sites for hydroxylation is 2. The number of piperazine rings is 1. The Bertz CT molecular complexity index is 1160. The van der Waals surface area contributed by atoms with E-state index in [1.54, 1.807) is 36.4 Å². The summed E-state index contributed by atoms with van der Waals surface area (Å²) in [4.78, 5) is 29.2. The normalized spacial score (nSPS) is 20.7. The SMILES string of the molecule is COc1ccccc1N1C(=O)C[C@@H](N2CCN(S(=O)(=O)c3ccc(C)c(C)c3)CC2)C1=O. The second kappa shape index (κ2) is 8.65. The minimum absolute atomic E-state index is 0.0702. The maximum Gasteiger partial charge on any atom is 0.251 e. The molecule has 8 nitrogen and oxygen atoms in total. The molecule has 2 fully saturated rings. The number of ether oxygens (including phenoxy) is 1. The second-order valence-corrected chi connectivity index (χ2v) is 10.1. The van der Waals surface area contributed by atoms with Crippen molar-refractivity contribution in [3.63, 3.8) is 0 Å². The molecule has 0 unspecified atom stereocenters. The number of hydrogen-bond donors (Lipinski definition) is 0. The summed E-state index contributed by atoms with van der Waals surface area (Å²) in [5.74, 6) is -0.126. The molecule has 0 spiro atoms. The average molecular weight is 458 g/mol. The summed E-state index contributed by atoms with van der Waals surface area (Å²) < 4.78 is 32.9. The molecule has 2 aliphatic rings. The molecule has 4 rings (SSSR count). The number of carbonyl (C=O) groups excluding carboxylic acids is 2. The number of sulfonamides is 1. The summed E-state index contributed by atoms with van der Waals surface area (Å²) in [5, 5.41) is 0. The highest BCUT2D eigenvalue weighted by Crippen LogP contribution is 2.33. The van der Waals surface area contributed by atoms with Crippen molar-refractivity contribution in [3.05, 3.63) is 53.6 Å². The van der Waals surface area contributed by atoms with Crippen molar-refractivity contribution >= 4 is 27.5 Å². The van der Waals surface area contributed by atoms with E-state index in [-0.39, 0.29) is 36.2 Å². The fraction of sp³-hybridized carbons (Fsp3) is 0.391. The zero-order valence-electron chi connectivity index (χ0n) is 18.4. The monoisotopic (exact) mass is 457 g/mol. The number of nitrogens with zero attached hydrogens (tertiary/aromatic N) is 3. The van der Waals surface area contributed by atoms with Gasteiger partial charge < -0.3 is 4.74 Å². The van der Waals surface area contributed by atoms with Crippen LogP contribution in [0.3, 0.4) is 0 Å². The highest BCUT2D eigenvalue weighted by molar-refractivity contribution is 7.89. The van der Waals surface area contributed by atoms with Crippen LogP contribution in [0.25, 0.3) is 0 Å². The Kier molecular flexibility index (Phi) is 6.07. The lowest BCUT2D eigenvalue weighted by molar-refractivity contribution is -0.123. The number of anilines is 1. The Hall–Kier alpha value is -2.75. The maximum absolute atomic E-state index is 13.1. The van der Waals surface area contributed by atoms with E-state index in [1.165, 1.54) is 16.3 Å². The van der Waals surface area contributed by atoms with E-state index in [0.29, 0.717) is 24.5 Å². The first kappa shape index (κ1) is 22.4. The van der Waals surface area contributed by atoms with Gasteiger partial charge in [0.1, 0.15) is 5.75 Å². The van der Waals surface area contributed by atoms with Gasteiger partial charge in [0.25, 0.3) is 5.91 Å². The van der Waals surface area contributed by atoms with Gasteiger partial charge >= 0.3 is 0 Å². The number of benzene rings is 2. The molecule has 2 amide bonds. The van der Waals surface area contributed by atoms with E-state index in [0.717, 1.165) is 11.1 Å². The molecule has 0 N–H and O–H groups in total. The van der Waals surface area contributed by atoms with Crippen LogP contribution in [0.2, 0.25) is 0 Å². The van der Waals surface area contributed by atoms with E-state index >= 15 is 0 Å². The lowest BCUT2D eigenvalue weighted by Gasteiger charge is -2.36. The third-order valence-corrected chi connectivity index (χ3v) is 8.17. The summed E-state index contributed by atoms with van der Waals surface area (Å²) in [6.45, 7) is 5.13. The predicted molar refractivity (Wildman–Crippen MR) is 120 cm³/mol. The smallest absolute Gasteiger partial charge is 0.251 e. The van der Waals surface area contributed by atoms with Crippen LogP contribution >= 0.6 is 0 Å². The van der Waals surface area contributed by atoms with Crippen molar-refractivity contribution in [2.75, 3.05) is 38.2 Å². The molecule has 0 bridgehead atoms. The molecule has 2 aromatic rings. The van der Waals surface area contributed by atoms with E-state index in [1.807, 2.05) is 24.8 Å². The number of para-hydroxylation sites is 2. The number of amides is 2. The molecular formula is C23H27N3O5S. The van der Waals surface area contributed by atoms with Crippen LogP contribution in [-0.4, -0.2) is 68.8 Å². The Morgan fingerprint density at radius 2 is 1.62 bits per heavy atom. The summed E-state index contributed by atoms with van der Waals surface area (Å²) in [6, 6.07) is 11.5. The highest BCUT2D eigenvalue weighted by Gasteiger charge is 2.45. The van der Waals surface area contributed by atoms with Gasteiger partial charge in [-0.05, 0) is 49.2 Å². The fourth-order valence-corrected chi connectivity index (χ4v) is 5.76. The maximum atomic E-state index is 13.1. The van der Waals surface area contributed by atoms with Crippen LogP contribution in [0, 0.1) is 13.8 Å². The van der Waals surface area contributed by atoms with Gasteiger partial charge in [0.15, 0.2) is 0 Å². The molecule has 1 atom stereocenters. The molecule has 2 aliphatic heterocycles. The van der Waals surface area contributed by atoms with Gasteiger partial charge in [-0.2, -0.15) is 4.31 Å². The second-order valence-electron chi connectivity index (χ2n) is 8.15. The minimum atomic E-state index is -3.61. The van der Waals surface area contributed by atoms with E-state index in [4.69, 9.17) is 4.74 Å². The van der Waals surface area contributed by atoms with Crippen LogP contribution < -0.4 is 9.64 Å². The van der Waals surface area contributed by atoms with Gasteiger partial charge in [0.05, 0.1) is 30.2 Å². The lowest BCUT2D eigenvalue weighted by atomic mass is 10.1. The highest BCUT2D eigenvalue weighted by atomic mass is 32.2. The molecule has 0 radical (unpaired) electrons. The quantitative estimate of drug-likeness (QED) is 0.638. The van der Waals surface area contributed by atoms with Crippen LogP contribution in [-0.2, 0) is 19.6 Å². The first-order valence-corrected chi connectivity index (χ1v) is 12.0. The Morgan fingerprint density at radius 3 is 2.28 bits per heavy atom. The van der Waals surface area contributed by atoms with Crippen molar-refractivity contribution in [2.24, 2.45) is 0 Å². The summed E-state index contributed by atoms with van der Waals surface area (Å²) in [5.41, 5.74) is 2.40. The van der Waals surface area contributed by atoms with Crippen molar-refractivity contribution in [2.45, 2.75) is 31.2 Å². The summed E-state index contributed by atoms with van der Waals surface area (Å²) in [6.07, 6.45) is 0.0702. The Morgan fingerprint density at radius 1 is 0.938 bits per heavy atom. The Labute approximate surface area is 188 Å². The molecule has 2 saturated heterocycles. The molecule has 0 aromatic heterocycles. The first-order valence-electron chi connectivity index (χ1n) is 10.6.